The maximum atomic E-state index is 13.4. The lowest BCUT2D eigenvalue weighted by atomic mass is 10.1. The van der Waals surface area contributed by atoms with Gasteiger partial charge < -0.3 is 14.8 Å². The number of para-hydroxylation sites is 3. The number of aromatic nitrogens is 2. The van der Waals surface area contributed by atoms with Gasteiger partial charge in [0.05, 0.1) is 47.3 Å². The lowest BCUT2D eigenvalue weighted by molar-refractivity contribution is -0.113. The van der Waals surface area contributed by atoms with E-state index in [9.17, 15) is 14.4 Å². The number of amides is 1. The number of rotatable bonds is 8. The van der Waals surface area contributed by atoms with Crippen molar-refractivity contribution < 1.29 is 19.1 Å². The van der Waals surface area contributed by atoms with Gasteiger partial charge in [-0.1, -0.05) is 42.1 Å². The summed E-state index contributed by atoms with van der Waals surface area (Å²) in [4.78, 5) is 42.8. The summed E-state index contributed by atoms with van der Waals surface area (Å²) in [6.07, 6.45) is 0. The minimum Gasteiger partial charge on any atom is -0.492 e. The van der Waals surface area contributed by atoms with Crippen LogP contribution in [0, 0.1) is 0 Å². The number of carbonyl (C=O) groups excluding carboxylic acids is 2. The average molecular weight is 490 g/mol. The summed E-state index contributed by atoms with van der Waals surface area (Å²) in [5.74, 6) is -0.224. The lowest BCUT2D eigenvalue weighted by Crippen LogP contribution is -2.23. The van der Waals surface area contributed by atoms with Gasteiger partial charge in [0.2, 0.25) is 5.91 Å². The van der Waals surface area contributed by atoms with Crippen molar-refractivity contribution in [1.82, 2.24) is 9.55 Å². The van der Waals surface area contributed by atoms with E-state index in [1.807, 2.05) is 37.3 Å². The van der Waals surface area contributed by atoms with Crippen LogP contribution in [0.4, 0.5) is 5.69 Å². The predicted octanol–water partition coefficient (Wildman–Crippen LogP) is 4.30. The minimum atomic E-state index is -0.525. The maximum Gasteiger partial charge on any atom is 0.337 e. The number of anilines is 1. The highest BCUT2D eigenvalue weighted by molar-refractivity contribution is 7.99. The summed E-state index contributed by atoms with van der Waals surface area (Å²) in [6.45, 7) is 2.34. The molecule has 8 nitrogen and oxygen atoms in total. The first-order valence-corrected chi connectivity index (χ1v) is 11.9. The lowest BCUT2D eigenvalue weighted by Gasteiger charge is -2.14. The Labute approximate surface area is 205 Å². The third-order valence-corrected chi connectivity index (χ3v) is 6.01. The number of thioether (sulfide) groups is 1. The van der Waals surface area contributed by atoms with Gasteiger partial charge in [-0.15, -0.1) is 0 Å². The molecule has 0 atom stereocenters. The number of esters is 1. The van der Waals surface area contributed by atoms with E-state index in [1.165, 1.54) is 23.8 Å². The van der Waals surface area contributed by atoms with Gasteiger partial charge in [0.15, 0.2) is 5.16 Å². The van der Waals surface area contributed by atoms with Crippen LogP contribution in [0.25, 0.3) is 16.6 Å². The maximum absolute atomic E-state index is 13.4. The van der Waals surface area contributed by atoms with Gasteiger partial charge in [-0.05, 0) is 49.4 Å². The molecule has 0 unspecified atom stereocenters. The van der Waals surface area contributed by atoms with Crippen LogP contribution in [0.15, 0.2) is 82.7 Å². The molecule has 0 saturated carbocycles. The Kier molecular flexibility index (Phi) is 7.47. The van der Waals surface area contributed by atoms with Crippen LogP contribution in [-0.4, -0.2) is 40.9 Å². The van der Waals surface area contributed by atoms with Crippen molar-refractivity contribution in [3.8, 4) is 11.4 Å². The standard InChI is InChI=1S/C26H23N3O5S/c1-3-34-22-12-8-7-11-20(22)27-23(30)16-35-26-28-21-15-17(25(32)33-2)13-14-19(21)24(31)29(26)18-9-5-4-6-10-18/h4-15H,3,16H2,1-2H3,(H,27,30). The van der Waals surface area contributed by atoms with Crippen LogP contribution in [0.1, 0.15) is 17.3 Å². The first-order chi connectivity index (χ1) is 17.0. The number of nitrogens with one attached hydrogen (secondary N) is 1. The topological polar surface area (TPSA) is 99.5 Å². The molecule has 3 aromatic carbocycles. The van der Waals surface area contributed by atoms with E-state index < -0.39 is 5.97 Å². The second-order valence-corrected chi connectivity index (χ2v) is 8.30. The second kappa shape index (κ2) is 10.9. The first kappa shape index (κ1) is 24.0. The number of fused-ring (bicyclic) bond motifs is 1. The Bertz CT molecular complexity index is 1440. The molecule has 178 valence electrons. The number of hydrogen-bond donors (Lipinski definition) is 1. The quantitative estimate of drug-likeness (QED) is 0.224. The zero-order chi connectivity index (χ0) is 24.8. The Morgan fingerprint density at radius 3 is 2.51 bits per heavy atom. The Morgan fingerprint density at radius 1 is 1.03 bits per heavy atom. The molecule has 0 fully saturated rings. The molecule has 0 aliphatic carbocycles. The van der Waals surface area contributed by atoms with Gasteiger partial charge in [0, 0.05) is 0 Å². The predicted molar refractivity (Wildman–Crippen MR) is 136 cm³/mol. The summed E-state index contributed by atoms with van der Waals surface area (Å²) in [5, 5.41) is 3.52. The molecule has 0 saturated heterocycles. The highest BCUT2D eigenvalue weighted by Gasteiger charge is 2.17. The van der Waals surface area contributed by atoms with Crippen molar-refractivity contribution in [2.24, 2.45) is 0 Å². The third-order valence-electron chi connectivity index (χ3n) is 5.07. The van der Waals surface area contributed by atoms with Gasteiger partial charge in [-0.2, -0.15) is 0 Å². The molecule has 1 amide bonds. The van der Waals surface area contributed by atoms with E-state index in [-0.39, 0.29) is 22.8 Å². The molecule has 4 aromatic rings. The molecular weight excluding hydrogens is 466 g/mol. The number of carbonyl (C=O) groups is 2. The van der Waals surface area contributed by atoms with Crippen molar-refractivity contribution >= 4 is 40.2 Å². The number of ether oxygens (including phenoxy) is 2. The monoisotopic (exact) mass is 489 g/mol. The van der Waals surface area contributed by atoms with E-state index >= 15 is 0 Å². The molecule has 9 heteroatoms. The van der Waals surface area contributed by atoms with Gasteiger partial charge in [-0.3, -0.25) is 14.2 Å². The zero-order valence-electron chi connectivity index (χ0n) is 19.2. The van der Waals surface area contributed by atoms with Gasteiger partial charge in [-0.25, -0.2) is 9.78 Å². The fraction of sp³-hybridized carbons (Fsp3) is 0.154. The number of hydrogen-bond acceptors (Lipinski definition) is 7. The van der Waals surface area contributed by atoms with Crippen molar-refractivity contribution in [3.63, 3.8) is 0 Å². The summed E-state index contributed by atoms with van der Waals surface area (Å²) in [6, 6.07) is 20.8. The van der Waals surface area contributed by atoms with Crippen molar-refractivity contribution in [3.05, 3.63) is 88.7 Å². The number of benzene rings is 3. The smallest absolute Gasteiger partial charge is 0.337 e. The van der Waals surface area contributed by atoms with E-state index in [0.29, 0.717) is 39.8 Å². The van der Waals surface area contributed by atoms with E-state index in [1.54, 1.807) is 30.3 Å². The second-order valence-electron chi connectivity index (χ2n) is 7.36. The molecule has 0 aliphatic rings. The van der Waals surface area contributed by atoms with Crippen molar-refractivity contribution in [1.29, 1.82) is 0 Å². The Balaban J connectivity index is 1.69. The van der Waals surface area contributed by atoms with Crippen LogP contribution in [0.2, 0.25) is 0 Å². The zero-order valence-corrected chi connectivity index (χ0v) is 20.0. The van der Waals surface area contributed by atoms with Crippen LogP contribution >= 0.6 is 11.8 Å². The van der Waals surface area contributed by atoms with E-state index in [0.717, 1.165) is 11.8 Å². The summed E-state index contributed by atoms with van der Waals surface area (Å²) in [7, 11) is 1.29. The van der Waals surface area contributed by atoms with Crippen LogP contribution < -0.4 is 15.6 Å². The molecule has 1 heterocycles. The fourth-order valence-electron chi connectivity index (χ4n) is 3.48. The van der Waals surface area contributed by atoms with Gasteiger partial charge in [0.1, 0.15) is 5.75 Å². The van der Waals surface area contributed by atoms with Crippen LogP contribution in [0.3, 0.4) is 0 Å². The SMILES string of the molecule is CCOc1ccccc1NC(=O)CSc1nc2cc(C(=O)OC)ccc2c(=O)n1-c1ccccc1. The largest absolute Gasteiger partial charge is 0.492 e. The highest BCUT2D eigenvalue weighted by atomic mass is 32.2. The molecule has 0 radical (unpaired) electrons. The number of methoxy groups -OCH3 is 1. The minimum absolute atomic E-state index is 0.00192. The molecule has 1 aromatic heterocycles. The molecule has 35 heavy (non-hydrogen) atoms. The fourth-order valence-corrected chi connectivity index (χ4v) is 4.29. The first-order valence-electron chi connectivity index (χ1n) is 10.9. The van der Waals surface area contributed by atoms with Gasteiger partial charge >= 0.3 is 5.97 Å². The van der Waals surface area contributed by atoms with Crippen molar-refractivity contribution in [2.45, 2.75) is 12.1 Å². The van der Waals surface area contributed by atoms with E-state index in [2.05, 4.69) is 10.3 Å². The summed E-state index contributed by atoms with van der Waals surface area (Å²) < 4.78 is 11.8. The molecular formula is C26H23N3O5S. The summed E-state index contributed by atoms with van der Waals surface area (Å²) in [5.41, 5.74) is 1.51. The molecule has 0 aliphatic heterocycles. The van der Waals surface area contributed by atoms with Crippen LogP contribution in [-0.2, 0) is 9.53 Å². The Hall–Kier alpha value is -4.11. The third kappa shape index (κ3) is 5.36. The molecule has 1 N–H and O–H groups in total. The average Bonchev–Trinajstić information content (AvgIpc) is 2.88. The molecule has 0 spiro atoms. The number of nitrogens with zero attached hydrogens (tertiary/aromatic N) is 2. The molecule has 4 rings (SSSR count). The highest BCUT2D eigenvalue weighted by Crippen LogP contribution is 2.25. The molecule has 0 bridgehead atoms. The van der Waals surface area contributed by atoms with E-state index in [4.69, 9.17) is 9.47 Å². The van der Waals surface area contributed by atoms with Crippen LogP contribution in [0.5, 0.6) is 5.75 Å². The summed E-state index contributed by atoms with van der Waals surface area (Å²) >= 11 is 1.12. The Morgan fingerprint density at radius 2 is 1.77 bits per heavy atom. The van der Waals surface area contributed by atoms with Crippen molar-refractivity contribution in [2.75, 3.05) is 24.8 Å². The normalized spacial score (nSPS) is 10.7. The van der Waals surface area contributed by atoms with Gasteiger partial charge in [0.25, 0.3) is 5.56 Å².